The molecule has 0 radical (unpaired) electrons. The highest BCUT2D eigenvalue weighted by molar-refractivity contribution is 9.10. The maximum absolute atomic E-state index is 12.4. The molecule has 1 unspecified atom stereocenters. The Kier molecular flexibility index (Phi) is 4.80. The molecule has 0 spiro atoms. The second-order valence-corrected chi connectivity index (χ2v) is 7.77. The van der Waals surface area contributed by atoms with Gasteiger partial charge in [-0.3, -0.25) is 5.32 Å². The summed E-state index contributed by atoms with van der Waals surface area (Å²) in [5.41, 5.74) is 6.27. The molecular weight excluding hydrogens is 378 g/mol. The highest BCUT2D eigenvalue weighted by Gasteiger charge is 2.26. The third-order valence-electron chi connectivity index (χ3n) is 5.22. The summed E-state index contributed by atoms with van der Waals surface area (Å²) in [6, 6.07) is 12.2. The number of para-hydroxylation sites is 1. The minimum absolute atomic E-state index is 0.140. The van der Waals surface area contributed by atoms with Crippen molar-refractivity contribution in [3.8, 4) is 0 Å². The molecule has 0 aliphatic heterocycles. The van der Waals surface area contributed by atoms with Crippen molar-refractivity contribution in [1.82, 2.24) is 0 Å². The van der Waals surface area contributed by atoms with Crippen molar-refractivity contribution in [2.24, 2.45) is 0 Å². The minimum Gasteiger partial charge on any atom is -0.441 e. The quantitative estimate of drug-likeness (QED) is 0.676. The Morgan fingerprint density at radius 3 is 2.52 bits per heavy atom. The molecule has 130 valence electrons. The molecule has 0 heterocycles. The van der Waals surface area contributed by atoms with E-state index in [1.807, 2.05) is 24.3 Å². The number of fused-ring (bicyclic) bond motifs is 2. The van der Waals surface area contributed by atoms with Gasteiger partial charge in [-0.15, -0.1) is 0 Å². The minimum atomic E-state index is -0.387. The number of hydrogen-bond donors (Lipinski definition) is 1. The number of amides is 1. The van der Waals surface area contributed by atoms with Crippen LogP contribution in [0.1, 0.15) is 54.0 Å². The Morgan fingerprint density at radius 1 is 1.00 bits per heavy atom. The number of rotatable bonds is 2. The second kappa shape index (κ2) is 7.20. The van der Waals surface area contributed by atoms with E-state index in [1.165, 1.54) is 41.5 Å². The van der Waals surface area contributed by atoms with E-state index < -0.39 is 0 Å². The van der Waals surface area contributed by atoms with Crippen LogP contribution in [0.3, 0.4) is 0 Å². The van der Waals surface area contributed by atoms with Gasteiger partial charge in [0.25, 0.3) is 0 Å². The molecule has 3 nitrogen and oxygen atoms in total. The fourth-order valence-corrected chi connectivity index (χ4v) is 4.34. The number of anilines is 1. The van der Waals surface area contributed by atoms with E-state index in [2.05, 4.69) is 33.4 Å². The van der Waals surface area contributed by atoms with Gasteiger partial charge in [0.1, 0.15) is 6.10 Å². The Labute approximate surface area is 156 Å². The summed E-state index contributed by atoms with van der Waals surface area (Å²) in [7, 11) is 0. The molecule has 2 aliphatic carbocycles. The van der Waals surface area contributed by atoms with Gasteiger partial charge in [0.15, 0.2) is 0 Å². The van der Waals surface area contributed by atoms with Gasteiger partial charge in [-0.2, -0.15) is 0 Å². The van der Waals surface area contributed by atoms with Crippen LogP contribution in [0.4, 0.5) is 10.5 Å². The van der Waals surface area contributed by atoms with E-state index in [-0.39, 0.29) is 12.2 Å². The summed E-state index contributed by atoms with van der Waals surface area (Å²) in [6.45, 7) is 0. The van der Waals surface area contributed by atoms with Gasteiger partial charge >= 0.3 is 6.09 Å². The third kappa shape index (κ3) is 3.59. The lowest BCUT2D eigenvalue weighted by molar-refractivity contribution is 0.0998. The van der Waals surface area contributed by atoms with Crippen LogP contribution in [0.15, 0.2) is 40.9 Å². The first kappa shape index (κ1) is 16.6. The number of nitrogens with one attached hydrogen (secondary N) is 1. The van der Waals surface area contributed by atoms with Crippen LogP contribution in [0.5, 0.6) is 0 Å². The maximum atomic E-state index is 12.4. The molecule has 1 N–H and O–H groups in total. The number of benzene rings is 2. The Balaban J connectivity index is 1.52. The lowest BCUT2D eigenvalue weighted by atomic mass is 9.82. The van der Waals surface area contributed by atoms with Gasteiger partial charge in [0, 0.05) is 4.47 Å². The SMILES string of the molecule is O=C(Nc1ccccc1Br)OC1CCCc2cc3c(cc21)CCCC3. The average Bonchev–Trinajstić information content (AvgIpc) is 2.62. The number of halogens is 1. The highest BCUT2D eigenvalue weighted by atomic mass is 79.9. The molecule has 2 aromatic rings. The van der Waals surface area contributed by atoms with Crippen LogP contribution in [0.25, 0.3) is 0 Å². The van der Waals surface area contributed by atoms with Crippen LogP contribution >= 0.6 is 15.9 Å². The van der Waals surface area contributed by atoms with Gasteiger partial charge in [-0.25, -0.2) is 4.79 Å². The maximum Gasteiger partial charge on any atom is 0.412 e. The topological polar surface area (TPSA) is 38.3 Å². The van der Waals surface area contributed by atoms with Gasteiger partial charge in [-0.05, 0) is 95.3 Å². The zero-order valence-electron chi connectivity index (χ0n) is 14.2. The molecule has 0 saturated heterocycles. The van der Waals surface area contributed by atoms with Gasteiger partial charge in [-0.1, -0.05) is 24.3 Å². The number of carbonyl (C=O) groups excluding carboxylic acids is 1. The van der Waals surface area contributed by atoms with Crippen LogP contribution in [0, 0.1) is 0 Å². The predicted molar refractivity (Wildman–Crippen MR) is 103 cm³/mol. The van der Waals surface area contributed by atoms with Crippen molar-refractivity contribution in [2.45, 2.75) is 51.0 Å². The Morgan fingerprint density at radius 2 is 1.72 bits per heavy atom. The lowest BCUT2D eigenvalue weighted by Crippen LogP contribution is -2.21. The molecule has 25 heavy (non-hydrogen) atoms. The molecule has 1 amide bonds. The largest absolute Gasteiger partial charge is 0.441 e. The molecule has 2 aliphatic rings. The summed E-state index contributed by atoms with van der Waals surface area (Å²) in [5, 5.41) is 2.84. The molecule has 0 bridgehead atoms. The van der Waals surface area contributed by atoms with E-state index in [0.717, 1.165) is 35.8 Å². The molecule has 4 rings (SSSR count). The molecule has 0 saturated carbocycles. The summed E-state index contributed by atoms with van der Waals surface area (Å²) in [5.74, 6) is 0. The van der Waals surface area contributed by atoms with Gasteiger partial charge < -0.3 is 4.74 Å². The van der Waals surface area contributed by atoms with E-state index in [9.17, 15) is 4.79 Å². The molecular formula is C21H22BrNO2. The Bertz CT molecular complexity index is 802. The highest BCUT2D eigenvalue weighted by Crippen LogP contribution is 2.36. The summed E-state index contributed by atoms with van der Waals surface area (Å²) in [4.78, 5) is 12.4. The zero-order valence-corrected chi connectivity index (χ0v) is 15.8. The van der Waals surface area contributed by atoms with Crippen molar-refractivity contribution >= 4 is 27.7 Å². The van der Waals surface area contributed by atoms with E-state index in [4.69, 9.17) is 4.74 Å². The average molecular weight is 400 g/mol. The predicted octanol–water partition coefficient (Wildman–Crippen LogP) is 5.95. The molecule has 0 aromatic heterocycles. The third-order valence-corrected chi connectivity index (χ3v) is 5.91. The van der Waals surface area contributed by atoms with Gasteiger partial charge in [0.05, 0.1) is 5.69 Å². The monoisotopic (exact) mass is 399 g/mol. The van der Waals surface area contributed by atoms with Crippen molar-refractivity contribution in [1.29, 1.82) is 0 Å². The second-order valence-electron chi connectivity index (χ2n) is 6.92. The standard InChI is InChI=1S/C21H22BrNO2/c22-18-9-3-4-10-19(18)23-21(24)25-20-11-5-8-16-12-14-6-1-2-7-15(14)13-17(16)20/h3-4,9-10,12-13,20H,1-2,5-8,11H2,(H,23,24). The number of carbonyl (C=O) groups is 1. The molecule has 4 heteroatoms. The smallest absolute Gasteiger partial charge is 0.412 e. The number of aryl methyl sites for hydroxylation is 3. The normalized spacial score (nSPS) is 18.8. The fourth-order valence-electron chi connectivity index (χ4n) is 3.96. The van der Waals surface area contributed by atoms with Crippen LogP contribution in [-0.4, -0.2) is 6.09 Å². The van der Waals surface area contributed by atoms with E-state index in [0.29, 0.717) is 0 Å². The summed E-state index contributed by atoms with van der Waals surface area (Å²) in [6.07, 6.45) is 7.43. The van der Waals surface area contributed by atoms with Crippen molar-refractivity contribution < 1.29 is 9.53 Å². The fraction of sp³-hybridized carbons (Fsp3) is 0.381. The Hall–Kier alpha value is -1.81. The van der Waals surface area contributed by atoms with Crippen molar-refractivity contribution in [3.05, 3.63) is 63.1 Å². The van der Waals surface area contributed by atoms with Crippen LogP contribution in [-0.2, 0) is 24.0 Å². The van der Waals surface area contributed by atoms with Crippen molar-refractivity contribution in [2.75, 3.05) is 5.32 Å². The number of hydrogen-bond acceptors (Lipinski definition) is 2. The lowest BCUT2D eigenvalue weighted by Gasteiger charge is -2.28. The number of ether oxygens (including phenoxy) is 1. The first-order valence-corrected chi connectivity index (χ1v) is 9.87. The molecule has 1 atom stereocenters. The van der Waals surface area contributed by atoms with Crippen LogP contribution in [0.2, 0.25) is 0 Å². The van der Waals surface area contributed by atoms with Gasteiger partial charge in [0.2, 0.25) is 0 Å². The first-order chi connectivity index (χ1) is 12.2. The van der Waals surface area contributed by atoms with E-state index in [1.54, 1.807) is 0 Å². The zero-order chi connectivity index (χ0) is 17.2. The summed E-state index contributed by atoms with van der Waals surface area (Å²) < 4.78 is 6.65. The molecule has 0 fully saturated rings. The van der Waals surface area contributed by atoms with E-state index >= 15 is 0 Å². The van der Waals surface area contributed by atoms with Crippen LogP contribution < -0.4 is 5.32 Å². The first-order valence-electron chi connectivity index (χ1n) is 9.07. The summed E-state index contributed by atoms with van der Waals surface area (Å²) >= 11 is 3.45. The molecule has 2 aromatic carbocycles. The van der Waals surface area contributed by atoms with Crippen molar-refractivity contribution in [3.63, 3.8) is 0 Å².